The van der Waals surface area contributed by atoms with Crippen LogP contribution in [-0.4, -0.2) is 12.0 Å². The van der Waals surface area contributed by atoms with Crippen molar-refractivity contribution < 1.29 is 0 Å². The fourth-order valence-corrected chi connectivity index (χ4v) is 2.10. The fourth-order valence-electron chi connectivity index (χ4n) is 0.536. The minimum Gasteiger partial charge on any atom is -0.137 e. The highest BCUT2D eigenvalue weighted by atomic mass is 32.2. The summed E-state index contributed by atoms with van der Waals surface area (Å²) in [6.45, 7) is 4.39. The Bertz CT molecular complexity index is 86.9. The predicted molar refractivity (Wildman–Crippen MR) is 50.0 cm³/mol. The molecule has 0 aromatic rings. The number of rotatable bonds is 4. The second-order valence-corrected chi connectivity index (χ2v) is 3.70. The van der Waals surface area contributed by atoms with Crippen molar-refractivity contribution in [3.05, 3.63) is 10.3 Å². The Kier molecular flexibility index (Phi) is 6.88. The van der Waals surface area contributed by atoms with Crippen LogP contribution in [0.4, 0.5) is 0 Å². The van der Waals surface area contributed by atoms with Crippen LogP contribution in [0.2, 0.25) is 0 Å². The van der Waals surface area contributed by atoms with E-state index in [4.69, 9.17) is 0 Å². The Hall–Kier alpha value is 0.440. The average molecular weight is 162 g/mol. The molecule has 9 heavy (non-hydrogen) atoms. The first-order chi connectivity index (χ1) is 4.35. The molecule has 0 saturated heterocycles. The Morgan fingerprint density at radius 2 is 2.11 bits per heavy atom. The van der Waals surface area contributed by atoms with Gasteiger partial charge in [0.2, 0.25) is 0 Å². The van der Waals surface area contributed by atoms with E-state index in [0.29, 0.717) is 0 Å². The molecule has 0 amide bonds. The first kappa shape index (κ1) is 9.44. The summed E-state index contributed by atoms with van der Waals surface area (Å²) in [7, 11) is 0. The van der Waals surface area contributed by atoms with Gasteiger partial charge in [-0.15, -0.1) is 23.5 Å². The number of hydrogen-bond donors (Lipinski definition) is 0. The van der Waals surface area contributed by atoms with Crippen LogP contribution in [-0.2, 0) is 0 Å². The Balaban J connectivity index is 3.53. The fraction of sp³-hybridized carbons (Fsp3) is 0.714. The van der Waals surface area contributed by atoms with Crippen molar-refractivity contribution in [2.24, 2.45) is 0 Å². The maximum absolute atomic E-state index is 2.23. The maximum Gasteiger partial charge on any atom is -0.00515 e. The van der Waals surface area contributed by atoms with Crippen LogP contribution in [0.5, 0.6) is 0 Å². The van der Waals surface area contributed by atoms with E-state index in [0.717, 1.165) is 0 Å². The zero-order chi connectivity index (χ0) is 7.11. The number of thioether (sulfide) groups is 2. The zero-order valence-corrected chi connectivity index (χ0v) is 7.94. The van der Waals surface area contributed by atoms with Crippen molar-refractivity contribution in [1.82, 2.24) is 0 Å². The minimum atomic E-state index is 1.18. The van der Waals surface area contributed by atoms with Crippen LogP contribution in [0.1, 0.15) is 20.3 Å². The highest BCUT2D eigenvalue weighted by molar-refractivity contribution is 8.05. The zero-order valence-electron chi connectivity index (χ0n) is 6.31. The van der Waals surface area contributed by atoms with Crippen molar-refractivity contribution >= 4 is 23.5 Å². The van der Waals surface area contributed by atoms with Gasteiger partial charge in [0.15, 0.2) is 0 Å². The highest BCUT2D eigenvalue weighted by Crippen LogP contribution is 2.20. The molecule has 0 spiro atoms. The van der Waals surface area contributed by atoms with Crippen molar-refractivity contribution in [2.75, 3.05) is 12.0 Å². The van der Waals surface area contributed by atoms with Crippen LogP contribution in [0, 0.1) is 0 Å². The Morgan fingerprint density at radius 3 is 2.44 bits per heavy atom. The van der Waals surface area contributed by atoms with Crippen LogP contribution >= 0.6 is 23.5 Å². The van der Waals surface area contributed by atoms with Gasteiger partial charge in [-0.1, -0.05) is 13.8 Å². The molecule has 0 atom stereocenters. The van der Waals surface area contributed by atoms with Crippen LogP contribution in [0.15, 0.2) is 10.3 Å². The molecule has 0 fully saturated rings. The topological polar surface area (TPSA) is 0 Å². The van der Waals surface area contributed by atoms with Gasteiger partial charge in [0.25, 0.3) is 0 Å². The predicted octanol–water partition coefficient (Wildman–Crippen LogP) is 3.35. The van der Waals surface area contributed by atoms with Gasteiger partial charge in [-0.25, -0.2) is 0 Å². The quantitative estimate of drug-likeness (QED) is 0.621. The summed E-state index contributed by atoms with van der Waals surface area (Å²) in [4.78, 5) is 1.50. The second kappa shape index (κ2) is 6.56. The van der Waals surface area contributed by atoms with Gasteiger partial charge in [0, 0.05) is 0 Å². The molecule has 0 aliphatic heterocycles. The summed E-state index contributed by atoms with van der Waals surface area (Å²) in [5.41, 5.74) is 0. The summed E-state index contributed by atoms with van der Waals surface area (Å²) in [6, 6.07) is 0. The minimum absolute atomic E-state index is 1.18. The molecule has 0 aromatic carbocycles. The highest BCUT2D eigenvalue weighted by Gasteiger charge is 1.89. The summed E-state index contributed by atoms with van der Waals surface area (Å²) in [6.07, 6.45) is 3.28. The van der Waals surface area contributed by atoms with Gasteiger partial charge < -0.3 is 0 Å². The lowest BCUT2D eigenvalue weighted by Crippen LogP contribution is -1.72. The van der Waals surface area contributed by atoms with Crippen molar-refractivity contribution in [3.8, 4) is 0 Å². The smallest absolute Gasteiger partial charge is 0.00515 e. The van der Waals surface area contributed by atoms with Gasteiger partial charge in [-0.05, 0) is 28.7 Å². The summed E-state index contributed by atoms with van der Waals surface area (Å²) >= 11 is 3.73. The molecule has 0 aliphatic carbocycles. The summed E-state index contributed by atoms with van der Waals surface area (Å²) in [5.74, 6) is 1.19. The van der Waals surface area contributed by atoms with E-state index < -0.39 is 0 Å². The summed E-state index contributed by atoms with van der Waals surface area (Å²) in [5, 5.41) is 2.23. The number of allylic oxidation sites excluding steroid dienone is 1. The standard InChI is InChI=1S/C7H14S2/c1-4-7(6-8-3)9-5-2/h6H,4-5H2,1-3H3/b7-6+. The molecule has 0 aromatic heterocycles. The molecule has 0 aliphatic rings. The molecular weight excluding hydrogens is 148 g/mol. The maximum atomic E-state index is 2.23. The molecule has 0 heterocycles. The van der Waals surface area contributed by atoms with E-state index in [1.54, 1.807) is 11.8 Å². The molecule has 0 rings (SSSR count). The molecule has 2 heteroatoms. The second-order valence-electron chi connectivity index (χ2n) is 1.61. The van der Waals surface area contributed by atoms with Crippen LogP contribution in [0.25, 0.3) is 0 Å². The SMILES string of the molecule is CCS/C(=C/SC)CC. The van der Waals surface area contributed by atoms with E-state index in [1.807, 2.05) is 11.8 Å². The lowest BCUT2D eigenvalue weighted by atomic mass is 10.5. The van der Waals surface area contributed by atoms with Gasteiger partial charge in [-0.2, -0.15) is 0 Å². The monoisotopic (exact) mass is 162 g/mol. The molecule has 0 nitrogen and oxygen atoms in total. The van der Waals surface area contributed by atoms with Crippen LogP contribution < -0.4 is 0 Å². The lowest BCUT2D eigenvalue weighted by molar-refractivity contribution is 1.20. The third kappa shape index (κ3) is 4.91. The van der Waals surface area contributed by atoms with Gasteiger partial charge in [-0.3, -0.25) is 0 Å². The normalized spacial score (nSPS) is 12.1. The molecule has 0 radical (unpaired) electrons. The Morgan fingerprint density at radius 1 is 1.44 bits per heavy atom. The molecule has 0 N–H and O–H groups in total. The van der Waals surface area contributed by atoms with E-state index in [2.05, 4.69) is 25.5 Å². The molecule has 54 valence electrons. The van der Waals surface area contributed by atoms with E-state index in [1.165, 1.54) is 17.1 Å². The van der Waals surface area contributed by atoms with Gasteiger partial charge in [0.1, 0.15) is 0 Å². The van der Waals surface area contributed by atoms with E-state index in [-0.39, 0.29) is 0 Å². The van der Waals surface area contributed by atoms with E-state index >= 15 is 0 Å². The number of hydrogen-bond acceptors (Lipinski definition) is 2. The largest absolute Gasteiger partial charge is 0.137 e. The Labute approximate surface area is 66.5 Å². The van der Waals surface area contributed by atoms with E-state index in [9.17, 15) is 0 Å². The van der Waals surface area contributed by atoms with Crippen molar-refractivity contribution in [1.29, 1.82) is 0 Å². The van der Waals surface area contributed by atoms with Crippen molar-refractivity contribution in [3.63, 3.8) is 0 Å². The van der Waals surface area contributed by atoms with Crippen LogP contribution in [0.3, 0.4) is 0 Å². The van der Waals surface area contributed by atoms with Crippen molar-refractivity contribution in [2.45, 2.75) is 20.3 Å². The third-order valence-corrected chi connectivity index (χ3v) is 2.66. The third-order valence-electron chi connectivity index (χ3n) is 0.927. The summed E-state index contributed by atoms with van der Waals surface area (Å²) < 4.78 is 0. The molecule has 0 unspecified atom stereocenters. The molecular formula is C7H14S2. The van der Waals surface area contributed by atoms with Gasteiger partial charge >= 0.3 is 0 Å². The average Bonchev–Trinajstić information content (AvgIpc) is 1.88. The first-order valence-electron chi connectivity index (χ1n) is 3.19. The molecule has 0 saturated carbocycles. The molecule has 0 bridgehead atoms. The lowest BCUT2D eigenvalue weighted by Gasteiger charge is -1.98. The first-order valence-corrected chi connectivity index (χ1v) is 5.47. The van der Waals surface area contributed by atoms with Gasteiger partial charge in [0.05, 0.1) is 0 Å².